The highest BCUT2D eigenvalue weighted by Gasteiger charge is 2.07. The molecule has 9 heteroatoms. The summed E-state index contributed by atoms with van der Waals surface area (Å²) >= 11 is 6.60. The van der Waals surface area contributed by atoms with Crippen molar-refractivity contribution in [1.82, 2.24) is 0 Å². The summed E-state index contributed by atoms with van der Waals surface area (Å²) in [5.41, 5.74) is 2.72. The highest BCUT2D eigenvalue weighted by molar-refractivity contribution is 9.10. The molecule has 2 rings (SSSR count). The number of aliphatic hydroxyl groups is 1. The third-order valence-corrected chi connectivity index (χ3v) is 4.88. The molecule has 1 N–H and O–H groups in total. The molecule has 0 aromatic heterocycles. The molecule has 0 saturated carbocycles. The van der Waals surface area contributed by atoms with Crippen LogP contribution in [0.2, 0.25) is 0 Å². The van der Waals surface area contributed by atoms with Gasteiger partial charge in [0.1, 0.15) is 0 Å². The van der Waals surface area contributed by atoms with Crippen LogP contribution in [0, 0.1) is 6.92 Å². The van der Waals surface area contributed by atoms with Gasteiger partial charge in [-0.05, 0) is 54.4 Å². The molecule has 150 valence electrons. The molecule has 0 radical (unpaired) electrons. The summed E-state index contributed by atoms with van der Waals surface area (Å²) in [7, 11) is 2.70. The SMILES string of the molecule is COC(=O)c1ccc(Br)c(C)c1.COC(=O)c1ccc(Br)c(CO)c1.O=C=O. The minimum atomic E-state index is -0.401. The second kappa shape index (κ2) is 13.8. The van der Waals surface area contributed by atoms with E-state index in [2.05, 4.69) is 41.3 Å². The van der Waals surface area contributed by atoms with Crippen LogP contribution in [0.4, 0.5) is 0 Å². The van der Waals surface area contributed by atoms with Crippen molar-refractivity contribution in [3.05, 3.63) is 67.6 Å². The Morgan fingerprint density at radius 1 is 0.929 bits per heavy atom. The van der Waals surface area contributed by atoms with Crippen LogP contribution in [-0.2, 0) is 25.7 Å². The van der Waals surface area contributed by atoms with Crippen molar-refractivity contribution in [3.8, 4) is 0 Å². The van der Waals surface area contributed by atoms with Gasteiger partial charge in [0.2, 0.25) is 0 Å². The van der Waals surface area contributed by atoms with Crippen molar-refractivity contribution >= 4 is 49.9 Å². The third kappa shape index (κ3) is 8.58. The van der Waals surface area contributed by atoms with Crippen molar-refractivity contribution in [2.24, 2.45) is 0 Å². The molecular weight excluding hydrogens is 500 g/mol. The van der Waals surface area contributed by atoms with E-state index in [9.17, 15) is 9.59 Å². The van der Waals surface area contributed by atoms with Gasteiger partial charge in [0.05, 0.1) is 32.0 Å². The number of halogens is 2. The van der Waals surface area contributed by atoms with Gasteiger partial charge < -0.3 is 14.6 Å². The monoisotopic (exact) mass is 516 g/mol. The third-order valence-electron chi connectivity index (χ3n) is 3.22. The normalized spacial score (nSPS) is 8.93. The standard InChI is InChI=1S/C9H9BrO3.C9H9BrO2.CO2/c1-13-9(12)6-2-3-8(10)7(4-6)5-11;1-6-5-7(9(11)12-2)3-4-8(6)10;2-1-3/h2-4,11H,5H2,1H3;3-5H,1-2H3;. The van der Waals surface area contributed by atoms with Gasteiger partial charge in [-0.1, -0.05) is 31.9 Å². The van der Waals surface area contributed by atoms with Crippen molar-refractivity contribution < 1.29 is 33.8 Å². The highest BCUT2D eigenvalue weighted by atomic mass is 79.9. The molecule has 0 aliphatic carbocycles. The molecule has 2 aromatic rings. The van der Waals surface area contributed by atoms with Gasteiger partial charge in [0, 0.05) is 8.95 Å². The van der Waals surface area contributed by atoms with Crippen LogP contribution in [0.1, 0.15) is 31.8 Å². The zero-order valence-corrected chi connectivity index (χ0v) is 18.5. The molecule has 0 bridgehead atoms. The Kier molecular flexibility index (Phi) is 12.6. The van der Waals surface area contributed by atoms with Crippen LogP contribution in [0.15, 0.2) is 45.3 Å². The van der Waals surface area contributed by atoms with Crippen LogP contribution < -0.4 is 0 Å². The first-order chi connectivity index (χ1) is 13.2. The van der Waals surface area contributed by atoms with Gasteiger partial charge in [0.15, 0.2) is 0 Å². The van der Waals surface area contributed by atoms with E-state index in [1.807, 2.05) is 13.0 Å². The minimum absolute atomic E-state index is 0.106. The number of carbonyl (C=O) groups is 2. The fraction of sp³-hybridized carbons (Fsp3) is 0.211. The lowest BCUT2D eigenvalue weighted by molar-refractivity contribution is -0.191. The highest BCUT2D eigenvalue weighted by Crippen LogP contribution is 2.19. The average molecular weight is 518 g/mol. The summed E-state index contributed by atoms with van der Waals surface area (Å²) < 4.78 is 10.9. The number of rotatable bonds is 3. The average Bonchev–Trinajstić information content (AvgIpc) is 2.70. The van der Waals surface area contributed by atoms with Gasteiger partial charge in [-0.25, -0.2) is 9.59 Å². The first kappa shape index (κ1) is 25.7. The van der Waals surface area contributed by atoms with E-state index in [4.69, 9.17) is 14.7 Å². The zero-order valence-electron chi connectivity index (χ0n) is 15.3. The van der Waals surface area contributed by atoms with E-state index in [1.54, 1.807) is 30.3 Å². The van der Waals surface area contributed by atoms with Crippen LogP contribution in [0.5, 0.6) is 0 Å². The minimum Gasteiger partial charge on any atom is -0.465 e. The van der Waals surface area contributed by atoms with Gasteiger partial charge in [-0.15, -0.1) is 0 Å². The van der Waals surface area contributed by atoms with E-state index in [0.29, 0.717) is 16.7 Å². The first-order valence-corrected chi connectivity index (χ1v) is 9.15. The Labute approximate surface area is 178 Å². The maximum absolute atomic E-state index is 11.1. The van der Waals surface area contributed by atoms with Crippen LogP contribution in [0.25, 0.3) is 0 Å². The summed E-state index contributed by atoms with van der Waals surface area (Å²) in [4.78, 5) is 38.4. The molecule has 7 nitrogen and oxygen atoms in total. The summed E-state index contributed by atoms with van der Waals surface area (Å²) in [6.45, 7) is 1.82. The largest absolute Gasteiger partial charge is 0.465 e. The molecule has 0 unspecified atom stereocenters. The number of aryl methyl sites for hydroxylation is 1. The van der Waals surface area contributed by atoms with Crippen molar-refractivity contribution in [3.63, 3.8) is 0 Å². The summed E-state index contributed by atoms with van der Waals surface area (Å²) in [6, 6.07) is 10.3. The van der Waals surface area contributed by atoms with Crippen molar-refractivity contribution in [2.75, 3.05) is 14.2 Å². The lowest BCUT2D eigenvalue weighted by Crippen LogP contribution is -2.02. The molecule has 0 fully saturated rings. The molecule has 0 aliphatic heterocycles. The Balaban J connectivity index is 0.000000458. The molecule has 28 heavy (non-hydrogen) atoms. The number of ether oxygens (including phenoxy) is 2. The maximum Gasteiger partial charge on any atom is 0.373 e. The number of hydrogen-bond donors (Lipinski definition) is 1. The Bertz CT molecular complexity index is 844. The molecule has 0 saturated heterocycles. The lowest BCUT2D eigenvalue weighted by atomic mass is 10.1. The smallest absolute Gasteiger partial charge is 0.373 e. The summed E-state index contributed by atoms with van der Waals surface area (Å²) in [5, 5.41) is 8.92. The summed E-state index contributed by atoms with van der Waals surface area (Å²) in [6.07, 6.45) is 0.250. The fourth-order valence-electron chi connectivity index (χ4n) is 1.83. The molecule has 0 amide bonds. The lowest BCUT2D eigenvalue weighted by Gasteiger charge is -2.03. The second-order valence-corrected chi connectivity index (χ2v) is 6.70. The zero-order chi connectivity index (χ0) is 21.7. The first-order valence-electron chi connectivity index (χ1n) is 7.57. The Morgan fingerprint density at radius 2 is 1.36 bits per heavy atom. The van der Waals surface area contributed by atoms with E-state index < -0.39 is 5.97 Å². The molecule has 0 aliphatic rings. The van der Waals surface area contributed by atoms with Crippen LogP contribution >= 0.6 is 31.9 Å². The number of benzene rings is 2. The van der Waals surface area contributed by atoms with E-state index >= 15 is 0 Å². The van der Waals surface area contributed by atoms with E-state index in [-0.39, 0.29) is 18.7 Å². The fourth-order valence-corrected chi connectivity index (χ4v) is 2.45. The number of esters is 2. The second-order valence-electron chi connectivity index (χ2n) is 4.99. The maximum atomic E-state index is 11.1. The molecule has 2 aromatic carbocycles. The number of aliphatic hydroxyl groups excluding tert-OH is 1. The molecule has 0 spiro atoms. The summed E-state index contributed by atoms with van der Waals surface area (Å²) in [5.74, 6) is -0.701. The Hall–Kier alpha value is -2.32. The van der Waals surface area contributed by atoms with Gasteiger partial charge in [-0.2, -0.15) is 9.59 Å². The van der Waals surface area contributed by atoms with E-state index in [0.717, 1.165) is 14.5 Å². The molecule has 0 atom stereocenters. The number of hydrogen-bond acceptors (Lipinski definition) is 7. The number of carbonyl (C=O) groups excluding carboxylic acids is 4. The topological polar surface area (TPSA) is 107 Å². The van der Waals surface area contributed by atoms with Crippen molar-refractivity contribution in [2.45, 2.75) is 13.5 Å². The quantitative estimate of drug-likeness (QED) is 0.618. The van der Waals surface area contributed by atoms with Crippen LogP contribution in [-0.4, -0.2) is 37.4 Å². The van der Waals surface area contributed by atoms with Crippen LogP contribution in [0.3, 0.4) is 0 Å². The Morgan fingerprint density at radius 3 is 1.75 bits per heavy atom. The van der Waals surface area contributed by atoms with Gasteiger partial charge in [0.25, 0.3) is 0 Å². The number of methoxy groups -OCH3 is 2. The molecule has 0 heterocycles. The van der Waals surface area contributed by atoms with Crippen molar-refractivity contribution in [1.29, 1.82) is 0 Å². The molecular formula is C19H18Br2O7. The van der Waals surface area contributed by atoms with Gasteiger partial charge in [-0.3, -0.25) is 0 Å². The predicted molar refractivity (Wildman–Crippen MR) is 107 cm³/mol. The van der Waals surface area contributed by atoms with Gasteiger partial charge >= 0.3 is 18.1 Å². The van der Waals surface area contributed by atoms with E-state index in [1.165, 1.54) is 14.2 Å². The predicted octanol–water partition coefficient (Wildman–Crippen LogP) is 3.69.